The predicted molar refractivity (Wildman–Crippen MR) is 91.0 cm³/mol. The molecular formula is C13H8Cl6O2. The Morgan fingerprint density at radius 3 is 1.52 bits per heavy atom. The quantitative estimate of drug-likeness (QED) is 0.363. The predicted octanol–water partition coefficient (Wildman–Crippen LogP) is 7.01. The summed E-state index contributed by atoms with van der Waals surface area (Å²) in [7, 11) is 0. The SMILES string of the molecule is Cc1cc(O)ccc1Cl.Oc1c(Cl)c(Cl)c(Cl)c(Cl)c1Cl. The monoisotopic (exact) mass is 406 g/mol. The van der Waals surface area contributed by atoms with Crippen LogP contribution in [-0.4, -0.2) is 10.2 Å². The second-order valence-corrected chi connectivity index (χ2v) is 6.15. The highest BCUT2D eigenvalue weighted by Gasteiger charge is 2.18. The lowest BCUT2D eigenvalue weighted by molar-refractivity contribution is 0.474. The molecule has 0 unspecified atom stereocenters. The highest BCUT2D eigenvalue weighted by Crippen LogP contribution is 2.47. The largest absolute Gasteiger partial charge is 0.508 e. The summed E-state index contributed by atoms with van der Waals surface area (Å²) in [6, 6.07) is 4.86. The molecule has 0 amide bonds. The van der Waals surface area contributed by atoms with Crippen LogP contribution in [0, 0.1) is 6.92 Å². The highest BCUT2D eigenvalue weighted by molar-refractivity contribution is 6.55. The van der Waals surface area contributed by atoms with Gasteiger partial charge in [0.05, 0.1) is 15.1 Å². The van der Waals surface area contributed by atoms with E-state index < -0.39 is 0 Å². The Labute approximate surface area is 151 Å². The highest BCUT2D eigenvalue weighted by atomic mass is 35.5. The molecular weight excluding hydrogens is 401 g/mol. The fourth-order valence-corrected chi connectivity index (χ4v) is 2.47. The van der Waals surface area contributed by atoms with Gasteiger partial charge in [-0.2, -0.15) is 0 Å². The maximum absolute atomic E-state index is 9.20. The number of halogens is 6. The number of benzene rings is 2. The third kappa shape index (κ3) is 4.62. The molecule has 0 saturated carbocycles. The Hall–Kier alpha value is -0.220. The zero-order valence-electron chi connectivity index (χ0n) is 10.4. The average molecular weight is 409 g/mol. The van der Waals surface area contributed by atoms with Crippen molar-refractivity contribution in [1.29, 1.82) is 0 Å². The molecule has 0 bridgehead atoms. The van der Waals surface area contributed by atoms with Crippen LogP contribution in [0.15, 0.2) is 18.2 Å². The molecule has 0 atom stereocenters. The Morgan fingerprint density at radius 1 is 0.714 bits per heavy atom. The normalized spacial score (nSPS) is 10.0. The van der Waals surface area contributed by atoms with Gasteiger partial charge in [-0.1, -0.05) is 69.6 Å². The Bertz CT molecular complexity index is 567. The van der Waals surface area contributed by atoms with E-state index in [2.05, 4.69) is 0 Å². The molecule has 2 N–H and O–H groups in total. The van der Waals surface area contributed by atoms with E-state index in [-0.39, 0.29) is 36.6 Å². The van der Waals surface area contributed by atoms with E-state index >= 15 is 0 Å². The molecule has 2 aromatic rings. The molecule has 0 radical (unpaired) electrons. The minimum absolute atomic E-state index is 0.00904. The summed E-state index contributed by atoms with van der Waals surface area (Å²) < 4.78 is 0. The molecule has 2 aromatic carbocycles. The summed E-state index contributed by atoms with van der Waals surface area (Å²) in [6.07, 6.45) is 0. The Morgan fingerprint density at radius 2 is 1.14 bits per heavy atom. The summed E-state index contributed by atoms with van der Waals surface area (Å²) in [5, 5.41) is 18.6. The first-order chi connectivity index (χ1) is 9.66. The van der Waals surface area contributed by atoms with Crippen molar-refractivity contribution in [2.45, 2.75) is 6.92 Å². The Kier molecular flexibility index (Phi) is 7.05. The standard InChI is InChI=1S/C7H7ClO.C6HCl5O/c1-5-4-6(9)2-3-7(5)8;7-1-2(8)4(10)6(12)5(11)3(1)9/h2-4,9H,1H3;12H. The van der Waals surface area contributed by atoms with Crippen LogP contribution in [0.3, 0.4) is 0 Å². The molecule has 0 spiro atoms. The van der Waals surface area contributed by atoms with Gasteiger partial charge in [-0.25, -0.2) is 0 Å². The number of aryl methyl sites for hydroxylation is 1. The van der Waals surface area contributed by atoms with Crippen molar-refractivity contribution >= 4 is 69.6 Å². The number of hydrogen-bond acceptors (Lipinski definition) is 2. The van der Waals surface area contributed by atoms with Crippen LogP contribution >= 0.6 is 69.6 Å². The lowest BCUT2D eigenvalue weighted by atomic mass is 10.2. The van der Waals surface area contributed by atoms with Crippen molar-refractivity contribution in [3.63, 3.8) is 0 Å². The van der Waals surface area contributed by atoms with Crippen LogP contribution in [-0.2, 0) is 0 Å². The number of phenolic OH excluding ortho intramolecular Hbond substituents is 2. The van der Waals surface area contributed by atoms with Gasteiger partial charge in [0.1, 0.15) is 15.8 Å². The zero-order valence-corrected chi connectivity index (χ0v) is 14.9. The van der Waals surface area contributed by atoms with E-state index in [1.54, 1.807) is 18.2 Å². The molecule has 0 heterocycles. The molecule has 8 heteroatoms. The molecule has 2 rings (SSSR count). The van der Waals surface area contributed by atoms with Gasteiger partial charge >= 0.3 is 0 Å². The molecule has 0 aliphatic heterocycles. The van der Waals surface area contributed by atoms with Gasteiger partial charge < -0.3 is 10.2 Å². The van der Waals surface area contributed by atoms with E-state index in [1.807, 2.05) is 6.92 Å². The number of rotatable bonds is 0. The van der Waals surface area contributed by atoms with Crippen LogP contribution in [0.25, 0.3) is 0 Å². The van der Waals surface area contributed by atoms with Gasteiger partial charge in [-0.05, 0) is 30.7 Å². The van der Waals surface area contributed by atoms with Crippen LogP contribution in [0.5, 0.6) is 11.5 Å². The van der Waals surface area contributed by atoms with Gasteiger partial charge in [0.2, 0.25) is 0 Å². The van der Waals surface area contributed by atoms with E-state index in [1.165, 1.54) is 0 Å². The first-order valence-corrected chi connectivity index (χ1v) is 7.59. The second kappa shape index (κ2) is 7.87. The van der Waals surface area contributed by atoms with Gasteiger partial charge in [0.15, 0.2) is 5.75 Å². The van der Waals surface area contributed by atoms with Gasteiger partial charge in [0, 0.05) is 5.02 Å². The topological polar surface area (TPSA) is 40.5 Å². The van der Waals surface area contributed by atoms with E-state index in [9.17, 15) is 5.11 Å². The van der Waals surface area contributed by atoms with Gasteiger partial charge in [-0.3, -0.25) is 0 Å². The van der Waals surface area contributed by atoms with Gasteiger partial charge in [0.25, 0.3) is 0 Å². The molecule has 114 valence electrons. The fraction of sp³-hybridized carbons (Fsp3) is 0.0769. The number of phenols is 2. The van der Waals surface area contributed by atoms with Crippen molar-refractivity contribution < 1.29 is 10.2 Å². The van der Waals surface area contributed by atoms with Crippen molar-refractivity contribution in [3.8, 4) is 11.5 Å². The van der Waals surface area contributed by atoms with Crippen molar-refractivity contribution in [2.24, 2.45) is 0 Å². The van der Waals surface area contributed by atoms with E-state index in [0.29, 0.717) is 5.02 Å². The zero-order chi connectivity index (χ0) is 16.3. The third-order valence-electron chi connectivity index (χ3n) is 2.33. The summed E-state index contributed by atoms with van der Waals surface area (Å²) in [6.45, 7) is 1.85. The number of aromatic hydroxyl groups is 2. The minimum atomic E-state index is -0.363. The third-order valence-corrected chi connectivity index (χ3v) is 5.01. The number of hydrogen-bond donors (Lipinski definition) is 2. The summed E-state index contributed by atoms with van der Waals surface area (Å²) in [5.74, 6) is -0.102. The average Bonchev–Trinajstić information content (AvgIpc) is 2.46. The molecule has 0 aliphatic rings. The lowest BCUT2D eigenvalue weighted by Gasteiger charge is -2.06. The van der Waals surface area contributed by atoms with Crippen LogP contribution in [0.4, 0.5) is 0 Å². The van der Waals surface area contributed by atoms with Crippen molar-refractivity contribution in [1.82, 2.24) is 0 Å². The first-order valence-electron chi connectivity index (χ1n) is 5.32. The smallest absolute Gasteiger partial charge is 0.155 e. The minimum Gasteiger partial charge on any atom is -0.508 e. The molecule has 0 saturated heterocycles. The molecule has 21 heavy (non-hydrogen) atoms. The van der Waals surface area contributed by atoms with Gasteiger partial charge in [-0.15, -0.1) is 0 Å². The van der Waals surface area contributed by atoms with Crippen LogP contribution in [0.2, 0.25) is 30.1 Å². The molecule has 0 fully saturated rings. The molecule has 0 aliphatic carbocycles. The second-order valence-electron chi connectivity index (χ2n) is 3.85. The summed E-state index contributed by atoms with van der Waals surface area (Å²) in [4.78, 5) is 0. The van der Waals surface area contributed by atoms with E-state index in [4.69, 9.17) is 74.7 Å². The van der Waals surface area contributed by atoms with E-state index in [0.717, 1.165) is 5.56 Å². The Balaban J connectivity index is 0.000000219. The lowest BCUT2D eigenvalue weighted by Crippen LogP contribution is -1.78. The van der Waals surface area contributed by atoms with Crippen molar-refractivity contribution in [3.05, 3.63) is 53.9 Å². The maximum atomic E-state index is 9.20. The fourth-order valence-electron chi connectivity index (χ4n) is 1.22. The first kappa shape index (κ1) is 18.8. The summed E-state index contributed by atoms with van der Waals surface area (Å²) in [5.41, 5.74) is 0.900. The van der Waals surface area contributed by atoms with Crippen LogP contribution < -0.4 is 0 Å². The maximum Gasteiger partial charge on any atom is 0.155 e. The summed E-state index contributed by atoms with van der Waals surface area (Å²) >= 11 is 33.6. The molecule has 2 nitrogen and oxygen atoms in total. The van der Waals surface area contributed by atoms with Crippen LogP contribution in [0.1, 0.15) is 5.56 Å². The van der Waals surface area contributed by atoms with Crippen molar-refractivity contribution in [2.75, 3.05) is 0 Å². The molecule has 0 aromatic heterocycles.